The monoisotopic (exact) mass is 328 g/mol. The van der Waals surface area contributed by atoms with Crippen molar-refractivity contribution in [1.29, 1.82) is 0 Å². The van der Waals surface area contributed by atoms with Crippen LogP contribution in [-0.2, 0) is 11.3 Å². The largest absolute Gasteiger partial charge is 0.341 e. The Bertz CT molecular complexity index is 493. The number of carbonyl (C=O) groups is 1. The molecule has 5 heteroatoms. The summed E-state index contributed by atoms with van der Waals surface area (Å²) in [6.45, 7) is 0.924. The van der Waals surface area contributed by atoms with Crippen LogP contribution in [0.3, 0.4) is 0 Å². The highest BCUT2D eigenvalue weighted by Crippen LogP contribution is 2.37. The third kappa shape index (κ3) is 3.91. The van der Waals surface area contributed by atoms with Crippen LogP contribution < -0.4 is 5.73 Å². The number of nitrogens with zero attached hydrogens (tertiary/aromatic N) is 1. The number of rotatable bonds is 4. The smallest absolute Gasteiger partial charge is 0.230 e. The molecule has 0 saturated heterocycles. The third-order valence-corrected chi connectivity index (χ3v) is 4.78. The lowest BCUT2D eigenvalue weighted by molar-refractivity contribution is -0.142. The molecular formula is C16H22Cl2N2O. The first-order valence-electron chi connectivity index (χ1n) is 7.37. The second-order valence-corrected chi connectivity index (χ2v) is 6.86. The predicted molar refractivity (Wildman–Crippen MR) is 87.5 cm³/mol. The van der Waals surface area contributed by atoms with Crippen LogP contribution in [0.15, 0.2) is 18.2 Å². The Morgan fingerprint density at radius 2 is 1.76 bits per heavy atom. The van der Waals surface area contributed by atoms with Crippen LogP contribution in [0, 0.1) is 5.41 Å². The highest BCUT2D eigenvalue weighted by Gasteiger charge is 2.39. The Morgan fingerprint density at radius 1 is 1.19 bits per heavy atom. The van der Waals surface area contributed by atoms with Crippen LogP contribution in [0.5, 0.6) is 0 Å². The first kappa shape index (κ1) is 16.6. The van der Waals surface area contributed by atoms with Crippen molar-refractivity contribution < 1.29 is 4.79 Å². The van der Waals surface area contributed by atoms with Crippen LogP contribution in [0.4, 0.5) is 0 Å². The Labute approximate surface area is 136 Å². The SMILES string of the molecule is CN(Cc1cc(Cl)cc(Cl)c1)C(=O)C1(CN)CCCCC1. The van der Waals surface area contributed by atoms with Gasteiger partial charge in [-0.3, -0.25) is 4.79 Å². The van der Waals surface area contributed by atoms with E-state index in [9.17, 15) is 4.79 Å². The lowest BCUT2D eigenvalue weighted by atomic mass is 9.73. The van der Waals surface area contributed by atoms with Crippen molar-refractivity contribution in [3.8, 4) is 0 Å². The molecule has 0 heterocycles. The second-order valence-electron chi connectivity index (χ2n) is 5.98. The van der Waals surface area contributed by atoms with E-state index in [1.807, 2.05) is 19.2 Å². The molecule has 1 amide bonds. The molecule has 2 N–H and O–H groups in total. The van der Waals surface area contributed by atoms with Crippen molar-refractivity contribution in [2.45, 2.75) is 38.6 Å². The fourth-order valence-electron chi connectivity index (χ4n) is 3.19. The number of carbonyl (C=O) groups excluding carboxylic acids is 1. The molecule has 0 aromatic heterocycles. The van der Waals surface area contributed by atoms with E-state index in [1.54, 1.807) is 11.0 Å². The summed E-state index contributed by atoms with van der Waals surface area (Å²) in [6, 6.07) is 5.37. The van der Waals surface area contributed by atoms with Gasteiger partial charge in [-0.05, 0) is 36.6 Å². The molecule has 21 heavy (non-hydrogen) atoms. The quantitative estimate of drug-likeness (QED) is 0.912. The summed E-state index contributed by atoms with van der Waals surface area (Å²) in [5.74, 6) is 0.140. The van der Waals surface area contributed by atoms with Gasteiger partial charge in [0, 0.05) is 30.2 Å². The molecule has 0 spiro atoms. The molecule has 1 fully saturated rings. The van der Waals surface area contributed by atoms with E-state index in [1.165, 1.54) is 6.42 Å². The highest BCUT2D eigenvalue weighted by molar-refractivity contribution is 6.34. The maximum atomic E-state index is 12.8. The van der Waals surface area contributed by atoms with Crippen molar-refractivity contribution in [3.05, 3.63) is 33.8 Å². The van der Waals surface area contributed by atoms with E-state index in [0.717, 1.165) is 31.2 Å². The van der Waals surface area contributed by atoms with E-state index in [-0.39, 0.29) is 11.3 Å². The lowest BCUT2D eigenvalue weighted by Gasteiger charge is -2.37. The molecule has 116 valence electrons. The van der Waals surface area contributed by atoms with Gasteiger partial charge in [0.1, 0.15) is 0 Å². The molecule has 0 unspecified atom stereocenters. The number of nitrogens with two attached hydrogens (primary N) is 1. The summed E-state index contributed by atoms with van der Waals surface area (Å²) in [5, 5.41) is 1.18. The first-order valence-corrected chi connectivity index (χ1v) is 8.13. The number of hydrogen-bond acceptors (Lipinski definition) is 2. The van der Waals surface area contributed by atoms with E-state index in [2.05, 4.69) is 0 Å². The van der Waals surface area contributed by atoms with Crippen LogP contribution >= 0.6 is 23.2 Å². The molecule has 0 aliphatic heterocycles. The Kier molecular flexibility index (Phi) is 5.53. The summed E-state index contributed by atoms with van der Waals surface area (Å²) < 4.78 is 0. The predicted octanol–water partition coefficient (Wildman–Crippen LogP) is 3.86. The zero-order valence-corrected chi connectivity index (χ0v) is 13.9. The van der Waals surface area contributed by atoms with Crippen molar-refractivity contribution in [3.63, 3.8) is 0 Å². The minimum atomic E-state index is -0.380. The first-order chi connectivity index (χ1) is 9.97. The summed E-state index contributed by atoms with van der Waals surface area (Å²) >= 11 is 12.0. The Balaban J connectivity index is 2.11. The summed E-state index contributed by atoms with van der Waals surface area (Å²) in [6.07, 6.45) is 5.15. The maximum Gasteiger partial charge on any atom is 0.230 e. The van der Waals surface area contributed by atoms with Gasteiger partial charge in [-0.2, -0.15) is 0 Å². The van der Waals surface area contributed by atoms with Gasteiger partial charge in [-0.1, -0.05) is 42.5 Å². The normalized spacial score (nSPS) is 17.5. The van der Waals surface area contributed by atoms with Gasteiger partial charge in [0.05, 0.1) is 5.41 Å². The van der Waals surface area contributed by atoms with Gasteiger partial charge >= 0.3 is 0 Å². The van der Waals surface area contributed by atoms with Crippen molar-refractivity contribution >= 4 is 29.1 Å². The molecule has 0 atom stereocenters. The van der Waals surface area contributed by atoms with Crippen LogP contribution in [0.1, 0.15) is 37.7 Å². The maximum absolute atomic E-state index is 12.8. The summed E-state index contributed by atoms with van der Waals surface area (Å²) in [5.41, 5.74) is 6.49. The number of amides is 1. The minimum absolute atomic E-state index is 0.140. The highest BCUT2D eigenvalue weighted by atomic mass is 35.5. The van der Waals surface area contributed by atoms with Gasteiger partial charge in [-0.15, -0.1) is 0 Å². The fraction of sp³-hybridized carbons (Fsp3) is 0.562. The van der Waals surface area contributed by atoms with Gasteiger partial charge in [-0.25, -0.2) is 0 Å². The molecule has 1 saturated carbocycles. The number of hydrogen-bond donors (Lipinski definition) is 1. The van der Waals surface area contributed by atoms with Gasteiger partial charge < -0.3 is 10.6 Å². The third-order valence-electron chi connectivity index (χ3n) is 4.34. The van der Waals surface area contributed by atoms with Crippen molar-refractivity contribution in [2.24, 2.45) is 11.1 Å². The summed E-state index contributed by atoms with van der Waals surface area (Å²) in [7, 11) is 1.82. The molecule has 0 radical (unpaired) electrons. The molecule has 2 rings (SSSR count). The van der Waals surface area contributed by atoms with Crippen LogP contribution in [-0.4, -0.2) is 24.4 Å². The number of benzene rings is 1. The Morgan fingerprint density at radius 3 is 2.29 bits per heavy atom. The molecule has 1 aliphatic carbocycles. The fourth-order valence-corrected chi connectivity index (χ4v) is 3.76. The second kappa shape index (κ2) is 6.99. The standard InChI is InChI=1S/C16H22Cl2N2O/c1-20(10-12-7-13(17)9-14(18)8-12)15(21)16(11-19)5-3-2-4-6-16/h7-9H,2-6,10-11,19H2,1H3. The van der Waals surface area contributed by atoms with E-state index in [0.29, 0.717) is 23.1 Å². The Hall–Kier alpha value is -0.770. The molecule has 1 aliphatic rings. The average molecular weight is 329 g/mol. The zero-order valence-electron chi connectivity index (χ0n) is 12.4. The molecular weight excluding hydrogens is 307 g/mol. The lowest BCUT2D eigenvalue weighted by Crippen LogP contribution is -2.47. The average Bonchev–Trinajstić information content (AvgIpc) is 2.46. The van der Waals surface area contributed by atoms with E-state index < -0.39 is 0 Å². The van der Waals surface area contributed by atoms with Crippen LogP contribution in [0.25, 0.3) is 0 Å². The molecule has 1 aromatic carbocycles. The van der Waals surface area contributed by atoms with Crippen molar-refractivity contribution in [1.82, 2.24) is 4.90 Å². The minimum Gasteiger partial charge on any atom is -0.341 e. The topological polar surface area (TPSA) is 46.3 Å². The van der Waals surface area contributed by atoms with E-state index in [4.69, 9.17) is 28.9 Å². The number of halogens is 2. The van der Waals surface area contributed by atoms with Gasteiger partial charge in [0.15, 0.2) is 0 Å². The van der Waals surface area contributed by atoms with Gasteiger partial charge in [0.25, 0.3) is 0 Å². The van der Waals surface area contributed by atoms with Gasteiger partial charge in [0.2, 0.25) is 5.91 Å². The van der Waals surface area contributed by atoms with Crippen molar-refractivity contribution in [2.75, 3.05) is 13.6 Å². The zero-order chi connectivity index (χ0) is 15.5. The molecule has 1 aromatic rings. The molecule has 0 bridgehead atoms. The van der Waals surface area contributed by atoms with E-state index >= 15 is 0 Å². The summed E-state index contributed by atoms with van der Waals surface area (Å²) in [4.78, 5) is 14.6. The molecule has 3 nitrogen and oxygen atoms in total. The van der Waals surface area contributed by atoms with Crippen LogP contribution in [0.2, 0.25) is 10.0 Å².